The maximum Gasteiger partial charge on any atom is 0.251 e. The number of hydrogen-bond acceptors (Lipinski definition) is 2. The zero-order valence-electron chi connectivity index (χ0n) is 13.8. The van der Waals surface area contributed by atoms with Crippen molar-refractivity contribution in [1.29, 1.82) is 0 Å². The zero-order valence-corrected chi connectivity index (χ0v) is 14.5. The van der Waals surface area contributed by atoms with Gasteiger partial charge in [-0.05, 0) is 42.5 Å². The van der Waals surface area contributed by atoms with E-state index >= 15 is 0 Å². The van der Waals surface area contributed by atoms with Gasteiger partial charge in [-0.25, -0.2) is 0 Å². The van der Waals surface area contributed by atoms with Crippen LogP contribution in [0.1, 0.15) is 49.9 Å². The molecule has 1 aromatic rings. The van der Waals surface area contributed by atoms with Crippen LogP contribution in [0.5, 0.6) is 0 Å². The summed E-state index contributed by atoms with van der Waals surface area (Å²) in [5.74, 6) is 0.983. The average Bonchev–Trinajstić information content (AvgIpc) is 2.52. The fourth-order valence-corrected chi connectivity index (χ4v) is 3.18. The highest BCUT2D eigenvalue weighted by Crippen LogP contribution is 2.29. The molecule has 0 unspecified atom stereocenters. The minimum Gasteiger partial charge on any atom is -0.353 e. The van der Waals surface area contributed by atoms with Gasteiger partial charge in [-0.3, -0.25) is 9.59 Å². The Morgan fingerprint density at radius 2 is 1.87 bits per heavy atom. The number of carbonyl (C=O) groups is 2. The Balaban J connectivity index is 1.72. The molecule has 1 fully saturated rings. The summed E-state index contributed by atoms with van der Waals surface area (Å²) in [4.78, 5) is 24.0. The normalized spacial score (nSPS) is 24.0. The van der Waals surface area contributed by atoms with Gasteiger partial charge in [0.2, 0.25) is 5.91 Å². The molecule has 23 heavy (non-hydrogen) atoms. The van der Waals surface area contributed by atoms with Crippen LogP contribution in [0.15, 0.2) is 24.3 Å². The second kappa shape index (κ2) is 8.34. The van der Waals surface area contributed by atoms with Crippen LogP contribution < -0.4 is 10.6 Å². The lowest BCUT2D eigenvalue weighted by Gasteiger charge is -2.34. The van der Waals surface area contributed by atoms with Gasteiger partial charge in [0, 0.05) is 29.6 Å². The van der Waals surface area contributed by atoms with Crippen LogP contribution in [0.25, 0.3) is 0 Å². The molecule has 0 heterocycles. The fraction of sp³-hybridized carbons (Fsp3) is 0.556. The van der Waals surface area contributed by atoms with Gasteiger partial charge in [0.15, 0.2) is 0 Å². The van der Waals surface area contributed by atoms with Crippen LogP contribution >= 0.6 is 11.6 Å². The van der Waals surface area contributed by atoms with Gasteiger partial charge < -0.3 is 10.6 Å². The van der Waals surface area contributed by atoms with E-state index in [1.54, 1.807) is 24.3 Å². The molecule has 1 aliphatic carbocycles. The molecule has 0 spiro atoms. The lowest BCUT2D eigenvalue weighted by molar-refractivity contribution is -0.122. The molecule has 0 aromatic heterocycles. The molecule has 0 saturated heterocycles. The van der Waals surface area contributed by atoms with Crippen molar-refractivity contribution in [3.8, 4) is 0 Å². The largest absolute Gasteiger partial charge is 0.353 e. The number of hydrogen-bond donors (Lipinski definition) is 2. The second-order valence-electron chi connectivity index (χ2n) is 6.45. The van der Waals surface area contributed by atoms with E-state index in [-0.39, 0.29) is 17.9 Å². The van der Waals surface area contributed by atoms with Gasteiger partial charge in [-0.1, -0.05) is 38.3 Å². The molecule has 3 atom stereocenters. The molecule has 1 aromatic carbocycles. The number of rotatable bonds is 5. The zero-order chi connectivity index (χ0) is 16.8. The minimum absolute atomic E-state index is 0.00681. The van der Waals surface area contributed by atoms with Crippen molar-refractivity contribution in [2.45, 2.75) is 45.6 Å². The SMILES string of the molecule is C[C@@H]1[C@H](C)CCC[C@@H]1NC(=O)CCNC(=O)c1ccc(Cl)cc1. The summed E-state index contributed by atoms with van der Waals surface area (Å²) in [5, 5.41) is 6.47. The molecule has 1 saturated carbocycles. The first kappa shape index (κ1) is 17.8. The van der Waals surface area contributed by atoms with Crippen molar-refractivity contribution in [2.75, 3.05) is 6.54 Å². The van der Waals surface area contributed by atoms with Crippen LogP contribution in [0.3, 0.4) is 0 Å². The van der Waals surface area contributed by atoms with Crippen molar-refractivity contribution >= 4 is 23.4 Å². The van der Waals surface area contributed by atoms with Crippen LogP contribution in [0.2, 0.25) is 5.02 Å². The predicted molar refractivity (Wildman–Crippen MR) is 92.5 cm³/mol. The van der Waals surface area contributed by atoms with E-state index < -0.39 is 0 Å². The number of halogens is 1. The summed E-state index contributed by atoms with van der Waals surface area (Å²) in [7, 11) is 0. The summed E-state index contributed by atoms with van der Waals surface area (Å²) in [6.45, 7) is 4.79. The molecule has 2 rings (SSSR count). The van der Waals surface area contributed by atoms with Gasteiger partial charge in [0.1, 0.15) is 0 Å². The number of carbonyl (C=O) groups excluding carboxylic acids is 2. The van der Waals surface area contributed by atoms with Crippen molar-refractivity contribution in [3.63, 3.8) is 0 Å². The van der Waals surface area contributed by atoms with Crippen molar-refractivity contribution in [2.24, 2.45) is 11.8 Å². The number of amides is 2. The molecule has 0 bridgehead atoms. The highest BCUT2D eigenvalue weighted by atomic mass is 35.5. The van der Waals surface area contributed by atoms with Gasteiger partial charge in [-0.15, -0.1) is 0 Å². The highest BCUT2D eigenvalue weighted by molar-refractivity contribution is 6.30. The van der Waals surface area contributed by atoms with Crippen LogP contribution in [0.4, 0.5) is 0 Å². The first-order valence-electron chi connectivity index (χ1n) is 8.30. The maximum absolute atomic E-state index is 12.0. The summed E-state index contributed by atoms with van der Waals surface area (Å²) >= 11 is 5.79. The second-order valence-corrected chi connectivity index (χ2v) is 6.89. The maximum atomic E-state index is 12.0. The van der Waals surface area contributed by atoms with Crippen molar-refractivity contribution in [3.05, 3.63) is 34.9 Å². The molecule has 2 N–H and O–H groups in total. The molecular weight excluding hydrogens is 312 g/mol. The van der Waals surface area contributed by atoms with E-state index in [1.807, 2.05) is 0 Å². The Bertz CT molecular complexity index is 544. The third-order valence-corrected chi connectivity index (χ3v) is 5.05. The number of nitrogens with one attached hydrogen (secondary N) is 2. The standard InChI is InChI=1S/C18H25ClN2O2/c1-12-4-3-5-16(13(12)2)21-17(22)10-11-20-18(23)14-6-8-15(19)9-7-14/h6-9,12-13,16H,3-5,10-11H2,1-2H3,(H,20,23)(H,21,22)/t12-,13-,16+/m1/s1. The van der Waals surface area contributed by atoms with Gasteiger partial charge in [0.25, 0.3) is 5.91 Å². The van der Waals surface area contributed by atoms with E-state index in [1.165, 1.54) is 12.8 Å². The summed E-state index contributed by atoms with van der Waals surface area (Å²) < 4.78 is 0. The molecule has 1 aliphatic rings. The first-order chi connectivity index (χ1) is 11.0. The highest BCUT2D eigenvalue weighted by Gasteiger charge is 2.27. The van der Waals surface area contributed by atoms with Gasteiger partial charge in [-0.2, -0.15) is 0 Å². The van der Waals surface area contributed by atoms with E-state index in [0.717, 1.165) is 6.42 Å². The monoisotopic (exact) mass is 336 g/mol. The summed E-state index contributed by atoms with van der Waals surface area (Å²) in [6.07, 6.45) is 3.76. The third-order valence-electron chi connectivity index (χ3n) is 4.80. The smallest absolute Gasteiger partial charge is 0.251 e. The molecule has 0 aliphatic heterocycles. The van der Waals surface area contributed by atoms with E-state index in [2.05, 4.69) is 24.5 Å². The molecule has 2 amide bonds. The van der Waals surface area contributed by atoms with E-state index in [0.29, 0.717) is 35.4 Å². The Hall–Kier alpha value is -1.55. The molecule has 5 heteroatoms. The molecule has 126 valence electrons. The van der Waals surface area contributed by atoms with Crippen LogP contribution in [-0.4, -0.2) is 24.4 Å². The minimum atomic E-state index is -0.186. The Morgan fingerprint density at radius 1 is 1.17 bits per heavy atom. The van der Waals surface area contributed by atoms with Crippen molar-refractivity contribution in [1.82, 2.24) is 10.6 Å². The molecule has 0 radical (unpaired) electrons. The van der Waals surface area contributed by atoms with Crippen LogP contribution in [0, 0.1) is 11.8 Å². The van der Waals surface area contributed by atoms with Crippen LogP contribution in [-0.2, 0) is 4.79 Å². The Kier molecular flexibility index (Phi) is 6.46. The quantitative estimate of drug-likeness (QED) is 0.865. The topological polar surface area (TPSA) is 58.2 Å². The lowest BCUT2D eigenvalue weighted by Crippen LogP contribution is -2.44. The molecular formula is C18H25ClN2O2. The molecule has 4 nitrogen and oxygen atoms in total. The Labute approximate surface area is 143 Å². The van der Waals surface area contributed by atoms with Gasteiger partial charge >= 0.3 is 0 Å². The Morgan fingerprint density at radius 3 is 2.57 bits per heavy atom. The number of benzene rings is 1. The van der Waals surface area contributed by atoms with Crippen molar-refractivity contribution < 1.29 is 9.59 Å². The average molecular weight is 337 g/mol. The lowest BCUT2D eigenvalue weighted by atomic mass is 9.78. The fourth-order valence-electron chi connectivity index (χ4n) is 3.06. The van der Waals surface area contributed by atoms with E-state index in [4.69, 9.17) is 11.6 Å². The van der Waals surface area contributed by atoms with E-state index in [9.17, 15) is 9.59 Å². The first-order valence-corrected chi connectivity index (χ1v) is 8.68. The van der Waals surface area contributed by atoms with Gasteiger partial charge in [0.05, 0.1) is 0 Å². The predicted octanol–water partition coefficient (Wildman–Crippen LogP) is 3.40. The summed E-state index contributed by atoms with van der Waals surface area (Å²) in [6, 6.07) is 6.95. The summed E-state index contributed by atoms with van der Waals surface area (Å²) in [5.41, 5.74) is 0.546. The third kappa shape index (κ3) is 5.24.